The summed E-state index contributed by atoms with van der Waals surface area (Å²) < 4.78 is 5.54. The highest BCUT2D eigenvalue weighted by molar-refractivity contribution is 5.99. The number of anilines is 1. The molecule has 3 unspecified atom stereocenters. The molecule has 1 aromatic carbocycles. The fourth-order valence-electron chi connectivity index (χ4n) is 2.60. The molecule has 0 radical (unpaired) electrons. The van der Waals surface area contributed by atoms with Gasteiger partial charge in [-0.15, -0.1) is 0 Å². The fraction of sp³-hybridized carbons (Fsp3) is 0.429. The summed E-state index contributed by atoms with van der Waals surface area (Å²) in [6, 6.07) is 5.58. The van der Waals surface area contributed by atoms with Crippen LogP contribution in [-0.4, -0.2) is 30.1 Å². The molecular formula is C14H15NO4. The van der Waals surface area contributed by atoms with Gasteiger partial charge in [0.2, 0.25) is 0 Å². The lowest BCUT2D eigenvalue weighted by atomic mass is 10.1. The van der Waals surface area contributed by atoms with Gasteiger partial charge in [0.05, 0.1) is 11.6 Å². The summed E-state index contributed by atoms with van der Waals surface area (Å²) >= 11 is 0. The Hall–Kier alpha value is -2.04. The minimum Gasteiger partial charge on any atom is -0.481 e. The summed E-state index contributed by atoms with van der Waals surface area (Å²) in [7, 11) is 1.71. The van der Waals surface area contributed by atoms with Crippen LogP contribution >= 0.6 is 0 Å². The second-order valence-electron chi connectivity index (χ2n) is 5.17. The summed E-state index contributed by atoms with van der Waals surface area (Å²) in [6.07, 6.45) is 0.194. The number of carboxylic acids is 1. The maximum absolute atomic E-state index is 11.9. The van der Waals surface area contributed by atoms with Crippen LogP contribution in [0.2, 0.25) is 0 Å². The Kier molecular flexibility index (Phi) is 2.52. The molecule has 5 heteroatoms. The lowest BCUT2D eigenvalue weighted by Gasteiger charge is -2.30. The number of carboxylic acid groups (broad SMARTS) is 1. The molecule has 1 aliphatic heterocycles. The monoisotopic (exact) mass is 261 g/mol. The van der Waals surface area contributed by atoms with Crippen molar-refractivity contribution in [2.24, 2.45) is 5.92 Å². The highest BCUT2D eigenvalue weighted by atomic mass is 16.5. The molecule has 1 saturated carbocycles. The molecule has 1 heterocycles. The van der Waals surface area contributed by atoms with Crippen molar-refractivity contribution in [1.82, 2.24) is 0 Å². The van der Waals surface area contributed by atoms with Crippen molar-refractivity contribution in [3.8, 4) is 5.75 Å². The van der Waals surface area contributed by atoms with Gasteiger partial charge in [-0.3, -0.25) is 9.59 Å². The second-order valence-corrected chi connectivity index (χ2v) is 5.17. The molecule has 0 spiro atoms. The third-order valence-corrected chi connectivity index (χ3v) is 3.86. The van der Waals surface area contributed by atoms with Crippen LogP contribution in [0.1, 0.15) is 24.8 Å². The molecule has 3 rings (SSSR count). The van der Waals surface area contributed by atoms with Crippen LogP contribution in [0, 0.1) is 5.92 Å². The van der Waals surface area contributed by atoms with E-state index in [-0.39, 0.29) is 17.7 Å². The van der Waals surface area contributed by atoms with E-state index in [1.165, 1.54) is 0 Å². The van der Waals surface area contributed by atoms with E-state index >= 15 is 0 Å². The maximum atomic E-state index is 11.9. The minimum atomic E-state index is -0.753. The molecule has 1 aromatic rings. The number of benzene rings is 1. The predicted octanol–water partition coefficient (Wildman–Crippen LogP) is 1.62. The van der Waals surface area contributed by atoms with E-state index in [0.29, 0.717) is 12.2 Å². The predicted molar refractivity (Wildman–Crippen MR) is 68.4 cm³/mol. The smallest absolute Gasteiger partial charge is 0.307 e. The van der Waals surface area contributed by atoms with Crippen molar-refractivity contribution in [2.75, 3.05) is 11.9 Å². The van der Waals surface area contributed by atoms with Crippen LogP contribution in [0.4, 0.5) is 5.69 Å². The molecule has 100 valence electrons. The SMILES string of the molecule is CC1Oc2ccc(C3CC3C(=O)O)cc2N(C)C1=O. The van der Waals surface area contributed by atoms with Gasteiger partial charge in [0.15, 0.2) is 6.10 Å². The van der Waals surface area contributed by atoms with Crippen molar-refractivity contribution >= 4 is 17.6 Å². The Balaban J connectivity index is 1.92. The van der Waals surface area contributed by atoms with E-state index in [0.717, 1.165) is 11.3 Å². The number of carbonyl (C=O) groups excluding carboxylic acids is 1. The van der Waals surface area contributed by atoms with Gasteiger partial charge in [-0.1, -0.05) is 6.07 Å². The van der Waals surface area contributed by atoms with Gasteiger partial charge in [0, 0.05) is 7.05 Å². The van der Waals surface area contributed by atoms with E-state index in [1.54, 1.807) is 18.9 Å². The lowest BCUT2D eigenvalue weighted by Crippen LogP contribution is -2.42. The number of fused-ring (bicyclic) bond motifs is 1. The Morgan fingerprint density at radius 3 is 2.84 bits per heavy atom. The number of rotatable bonds is 2. The third kappa shape index (κ3) is 1.85. The Morgan fingerprint density at radius 2 is 2.21 bits per heavy atom. The molecule has 5 nitrogen and oxygen atoms in total. The van der Waals surface area contributed by atoms with Crippen LogP contribution in [0.15, 0.2) is 18.2 Å². The topological polar surface area (TPSA) is 66.8 Å². The number of amides is 1. The molecule has 1 fully saturated rings. The number of nitrogens with zero attached hydrogens (tertiary/aromatic N) is 1. The number of hydrogen-bond donors (Lipinski definition) is 1. The molecule has 0 saturated heterocycles. The van der Waals surface area contributed by atoms with Gasteiger partial charge in [0.25, 0.3) is 5.91 Å². The Bertz CT molecular complexity index is 569. The van der Waals surface area contributed by atoms with E-state index in [4.69, 9.17) is 9.84 Å². The summed E-state index contributed by atoms with van der Waals surface area (Å²) in [6.45, 7) is 1.72. The normalized spacial score (nSPS) is 28.6. The zero-order valence-electron chi connectivity index (χ0n) is 10.8. The van der Waals surface area contributed by atoms with Crippen molar-refractivity contribution in [3.63, 3.8) is 0 Å². The minimum absolute atomic E-state index is 0.0608. The number of hydrogen-bond acceptors (Lipinski definition) is 3. The molecule has 0 aromatic heterocycles. The Morgan fingerprint density at radius 1 is 1.47 bits per heavy atom. The number of aliphatic carboxylic acids is 1. The van der Waals surface area contributed by atoms with Gasteiger partial charge in [-0.25, -0.2) is 0 Å². The highest BCUT2D eigenvalue weighted by Gasteiger charge is 2.44. The molecule has 1 amide bonds. The van der Waals surface area contributed by atoms with Crippen molar-refractivity contribution in [2.45, 2.75) is 25.4 Å². The zero-order chi connectivity index (χ0) is 13.7. The first kappa shape index (κ1) is 12.0. The van der Waals surface area contributed by atoms with E-state index < -0.39 is 12.1 Å². The molecule has 19 heavy (non-hydrogen) atoms. The van der Waals surface area contributed by atoms with E-state index in [1.807, 2.05) is 18.2 Å². The van der Waals surface area contributed by atoms with Gasteiger partial charge < -0.3 is 14.7 Å². The summed E-state index contributed by atoms with van der Waals surface area (Å²) in [5.74, 6) is -0.397. The first-order chi connectivity index (χ1) is 8.99. The fourth-order valence-corrected chi connectivity index (χ4v) is 2.60. The highest BCUT2D eigenvalue weighted by Crippen LogP contribution is 2.49. The number of likely N-dealkylation sites (N-methyl/N-ethyl adjacent to an activating group) is 1. The van der Waals surface area contributed by atoms with Gasteiger partial charge >= 0.3 is 5.97 Å². The molecular weight excluding hydrogens is 246 g/mol. The Labute approximate surface area is 110 Å². The van der Waals surface area contributed by atoms with Crippen LogP contribution in [0.3, 0.4) is 0 Å². The van der Waals surface area contributed by atoms with E-state index in [2.05, 4.69) is 0 Å². The summed E-state index contributed by atoms with van der Waals surface area (Å²) in [5.41, 5.74) is 1.68. The van der Waals surface area contributed by atoms with Crippen LogP contribution in [-0.2, 0) is 9.59 Å². The summed E-state index contributed by atoms with van der Waals surface area (Å²) in [4.78, 5) is 24.3. The number of ether oxygens (including phenoxy) is 1. The van der Waals surface area contributed by atoms with Gasteiger partial charge in [0.1, 0.15) is 5.75 Å². The quantitative estimate of drug-likeness (QED) is 0.878. The third-order valence-electron chi connectivity index (χ3n) is 3.86. The van der Waals surface area contributed by atoms with Gasteiger partial charge in [-0.2, -0.15) is 0 Å². The molecule has 1 aliphatic carbocycles. The summed E-state index contributed by atoms with van der Waals surface area (Å²) in [5, 5.41) is 8.96. The van der Waals surface area contributed by atoms with Crippen LogP contribution in [0.25, 0.3) is 0 Å². The molecule has 2 aliphatic rings. The molecule has 3 atom stereocenters. The average molecular weight is 261 g/mol. The molecule has 0 bridgehead atoms. The first-order valence-corrected chi connectivity index (χ1v) is 6.30. The zero-order valence-corrected chi connectivity index (χ0v) is 10.8. The standard InChI is InChI=1S/C14H15NO4/c1-7-13(16)15(2)11-5-8(3-4-12(11)19-7)9-6-10(9)14(17)18/h3-5,7,9-10H,6H2,1-2H3,(H,17,18). The lowest BCUT2D eigenvalue weighted by molar-refractivity contribution is -0.138. The van der Waals surface area contributed by atoms with Gasteiger partial charge in [-0.05, 0) is 37.0 Å². The van der Waals surface area contributed by atoms with Crippen LogP contribution < -0.4 is 9.64 Å². The molecule has 1 N–H and O–H groups in total. The van der Waals surface area contributed by atoms with Crippen molar-refractivity contribution in [1.29, 1.82) is 0 Å². The average Bonchev–Trinajstić information content (AvgIpc) is 3.16. The van der Waals surface area contributed by atoms with Crippen molar-refractivity contribution in [3.05, 3.63) is 23.8 Å². The second kappa shape index (κ2) is 3.98. The first-order valence-electron chi connectivity index (χ1n) is 6.30. The maximum Gasteiger partial charge on any atom is 0.307 e. The number of carbonyl (C=O) groups is 2. The largest absolute Gasteiger partial charge is 0.481 e. The van der Waals surface area contributed by atoms with Crippen molar-refractivity contribution < 1.29 is 19.4 Å². The van der Waals surface area contributed by atoms with Crippen LogP contribution in [0.5, 0.6) is 5.75 Å². The van der Waals surface area contributed by atoms with E-state index in [9.17, 15) is 9.59 Å².